The third kappa shape index (κ3) is 2.47. The fourth-order valence-corrected chi connectivity index (χ4v) is 2.24. The quantitative estimate of drug-likeness (QED) is 0.925. The molecule has 102 valence electrons. The van der Waals surface area contributed by atoms with Crippen LogP contribution in [0.3, 0.4) is 0 Å². The van der Waals surface area contributed by atoms with Crippen LogP contribution < -0.4 is 5.01 Å². The molecule has 5 heteroatoms. The number of rotatable bonds is 4. The zero-order valence-corrected chi connectivity index (χ0v) is 11.3. The maximum atomic E-state index is 12.0. The van der Waals surface area contributed by atoms with Gasteiger partial charge in [-0.1, -0.05) is 19.1 Å². The minimum absolute atomic E-state index is 0.0100. The Hall–Kier alpha value is -2.43. The van der Waals surface area contributed by atoms with Crippen molar-refractivity contribution in [3.05, 3.63) is 48.0 Å². The number of carbonyl (C=O) groups excluding carboxylic acids is 1. The number of carbonyl (C=O) groups is 1. The van der Waals surface area contributed by atoms with Gasteiger partial charge < -0.3 is 4.98 Å². The zero-order valence-electron chi connectivity index (χ0n) is 11.3. The second-order valence-corrected chi connectivity index (χ2v) is 4.78. The predicted molar refractivity (Wildman–Crippen MR) is 77.6 cm³/mol. The second-order valence-electron chi connectivity index (χ2n) is 4.78. The van der Waals surface area contributed by atoms with E-state index in [4.69, 9.17) is 0 Å². The highest BCUT2D eigenvalue weighted by Gasteiger charge is 2.25. The average molecular weight is 268 g/mol. The molecule has 2 aromatic rings. The summed E-state index contributed by atoms with van der Waals surface area (Å²) in [6.45, 7) is 2.11. The fraction of sp³-hybridized carbons (Fsp3) is 0.267. The molecule has 1 aliphatic heterocycles. The summed E-state index contributed by atoms with van der Waals surface area (Å²) in [6, 6.07) is 7.94. The lowest BCUT2D eigenvalue weighted by Gasteiger charge is -2.11. The van der Waals surface area contributed by atoms with Crippen molar-refractivity contribution in [1.29, 1.82) is 0 Å². The third-order valence-electron chi connectivity index (χ3n) is 3.35. The van der Waals surface area contributed by atoms with Crippen LogP contribution >= 0.6 is 0 Å². The highest BCUT2D eigenvalue weighted by Crippen LogP contribution is 2.22. The molecule has 1 N–H and O–H groups in total. The molecule has 0 fully saturated rings. The van der Waals surface area contributed by atoms with Crippen LogP contribution in [-0.2, 0) is 17.6 Å². The highest BCUT2D eigenvalue weighted by molar-refractivity contribution is 6.13. The number of H-pyrrole nitrogens is 1. The molecular weight excluding hydrogens is 252 g/mol. The van der Waals surface area contributed by atoms with Gasteiger partial charge in [0.1, 0.15) is 5.82 Å². The normalized spacial score (nSPS) is 14.8. The molecule has 20 heavy (non-hydrogen) atoms. The number of hydrazone groups is 1. The van der Waals surface area contributed by atoms with Crippen molar-refractivity contribution in [2.24, 2.45) is 5.10 Å². The van der Waals surface area contributed by atoms with Crippen LogP contribution in [0.2, 0.25) is 0 Å². The van der Waals surface area contributed by atoms with Crippen molar-refractivity contribution in [1.82, 2.24) is 9.97 Å². The van der Waals surface area contributed by atoms with Crippen molar-refractivity contribution >= 4 is 17.3 Å². The summed E-state index contributed by atoms with van der Waals surface area (Å²) >= 11 is 0. The molecule has 0 aliphatic carbocycles. The first-order valence-corrected chi connectivity index (χ1v) is 6.72. The van der Waals surface area contributed by atoms with E-state index in [1.807, 2.05) is 24.3 Å². The standard InChI is InChI=1S/C15H16N4O/c1-2-11-3-5-13(6-4-11)19-15(20)10-12(18-19)9-14-16-7-8-17-14/h3-8H,2,9-10H2,1H3,(H,16,17). The van der Waals surface area contributed by atoms with Crippen molar-refractivity contribution in [2.75, 3.05) is 5.01 Å². The molecule has 0 saturated heterocycles. The number of aryl methyl sites for hydroxylation is 1. The first-order chi connectivity index (χ1) is 9.76. The second kappa shape index (κ2) is 5.28. The van der Waals surface area contributed by atoms with Gasteiger partial charge in [-0.25, -0.2) is 9.99 Å². The van der Waals surface area contributed by atoms with Gasteiger partial charge >= 0.3 is 0 Å². The minimum Gasteiger partial charge on any atom is -0.348 e. The van der Waals surface area contributed by atoms with Crippen LogP contribution in [0.15, 0.2) is 41.8 Å². The Labute approximate surface area is 117 Å². The van der Waals surface area contributed by atoms with E-state index >= 15 is 0 Å². The SMILES string of the molecule is CCc1ccc(N2N=C(Cc3ncc[nH]3)CC2=O)cc1. The number of amides is 1. The molecule has 1 aromatic carbocycles. The summed E-state index contributed by atoms with van der Waals surface area (Å²) in [4.78, 5) is 19.2. The number of hydrogen-bond donors (Lipinski definition) is 1. The number of imidazole rings is 1. The Bertz CT molecular complexity index is 628. The van der Waals surface area contributed by atoms with Gasteiger partial charge in [0.05, 0.1) is 17.8 Å². The molecule has 0 atom stereocenters. The van der Waals surface area contributed by atoms with Crippen molar-refractivity contribution in [2.45, 2.75) is 26.2 Å². The number of hydrogen-bond acceptors (Lipinski definition) is 3. The van der Waals surface area contributed by atoms with Crippen LogP contribution in [0.25, 0.3) is 0 Å². The number of aromatic nitrogens is 2. The molecule has 0 radical (unpaired) electrons. The first kappa shape index (κ1) is 12.6. The van der Waals surface area contributed by atoms with E-state index in [1.165, 1.54) is 10.6 Å². The maximum Gasteiger partial charge on any atom is 0.253 e. The van der Waals surface area contributed by atoms with E-state index in [-0.39, 0.29) is 5.91 Å². The lowest BCUT2D eigenvalue weighted by Crippen LogP contribution is -2.19. The van der Waals surface area contributed by atoms with Gasteiger partial charge in [0.2, 0.25) is 0 Å². The minimum atomic E-state index is 0.0100. The summed E-state index contributed by atoms with van der Waals surface area (Å²) in [6.07, 6.45) is 5.40. The molecule has 1 aliphatic rings. The molecule has 2 heterocycles. The lowest BCUT2D eigenvalue weighted by atomic mass is 10.1. The molecule has 3 rings (SSSR count). The van der Waals surface area contributed by atoms with Gasteiger partial charge in [0.15, 0.2) is 0 Å². The number of benzene rings is 1. The number of nitrogens with one attached hydrogen (secondary N) is 1. The highest BCUT2D eigenvalue weighted by atomic mass is 16.2. The van der Waals surface area contributed by atoms with Crippen molar-refractivity contribution in [3.8, 4) is 0 Å². The summed E-state index contributed by atoms with van der Waals surface area (Å²) in [5, 5.41) is 5.89. The fourth-order valence-electron chi connectivity index (χ4n) is 2.24. The Morgan fingerprint density at radius 1 is 1.30 bits per heavy atom. The lowest BCUT2D eigenvalue weighted by molar-refractivity contribution is -0.116. The summed E-state index contributed by atoms with van der Waals surface area (Å²) < 4.78 is 0. The summed E-state index contributed by atoms with van der Waals surface area (Å²) in [7, 11) is 0. The van der Waals surface area contributed by atoms with E-state index in [9.17, 15) is 4.79 Å². The molecular formula is C15H16N4O. The zero-order chi connectivity index (χ0) is 13.9. The van der Waals surface area contributed by atoms with Crippen molar-refractivity contribution < 1.29 is 4.79 Å². The largest absolute Gasteiger partial charge is 0.348 e. The monoisotopic (exact) mass is 268 g/mol. The first-order valence-electron chi connectivity index (χ1n) is 6.72. The molecule has 0 unspecified atom stereocenters. The Morgan fingerprint density at radius 2 is 2.10 bits per heavy atom. The Kier molecular flexibility index (Phi) is 3.33. The van der Waals surface area contributed by atoms with Crippen LogP contribution in [0.4, 0.5) is 5.69 Å². The Morgan fingerprint density at radius 3 is 2.75 bits per heavy atom. The number of nitrogens with zero attached hydrogens (tertiary/aromatic N) is 3. The van der Waals surface area contributed by atoms with Gasteiger partial charge in [-0.2, -0.15) is 5.10 Å². The van der Waals surface area contributed by atoms with Crippen LogP contribution in [0, 0.1) is 0 Å². The number of anilines is 1. The van der Waals surface area contributed by atoms with E-state index < -0.39 is 0 Å². The van der Waals surface area contributed by atoms with Crippen molar-refractivity contribution in [3.63, 3.8) is 0 Å². The van der Waals surface area contributed by atoms with Crippen LogP contribution in [-0.4, -0.2) is 21.6 Å². The summed E-state index contributed by atoms with van der Waals surface area (Å²) in [5.74, 6) is 0.843. The van der Waals surface area contributed by atoms with E-state index in [0.717, 1.165) is 23.6 Å². The van der Waals surface area contributed by atoms with Crippen LogP contribution in [0.5, 0.6) is 0 Å². The average Bonchev–Trinajstić information content (AvgIpc) is 3.09. The van der Waals surface area contributed by atoms with Gasteiger partial charge in [0, 0.05) is 18.8 Å². The third-order valence-corrected chi connectivity index (χ3v) is 3.35. The molecule has 5 nitrogen and oxygen atoms in total. The Balaban J connectivity index is 1.78. The maximum absolute atomic E-state index is 12.0. The molecule has 1 aromatic heterocycles. The topological polar surface area (TPSA) is 61.4 Å². The summed E-state index contributed by atoms with van der Waals surface area (Å²) in [5.41, 5.74) is 2.91. The van der Waals surface area contributed by atoms with E-state index in [0.29, 0.717) is 12.8 Å². The predicted octanol–water partition coefficient (Wildman–Crippen LogP) is 2.31. The van der Waals surface area contributed by atoms with Gasteiger partial charge in [-0.15, -0.1) is 0 Å². The smallest absolute Gasteiger partial charge is 0.253 e. The molecule has 0 saturated carbocycles. The van der Waals surface area contributed by atoms with Gasteiger partial charge in [-0.05, 0) is 24.1 Å². The van der Waals surface area contributed by atoms with E-state index in [1.54, 1.807) is 12.4 Å². The molecule has 0 bridgehead atoms. The molecule has 1 amide bonds. The van der Waals surface area contributed by atoms with Crippen LogP contribution in [0.1, 0.15) is 24.7 Å². The van der Waals surface area contributed by atoms with E-state index in [2.05, 4.69) is 22.0 Å². The van der Waals surface area contributed by atoms with Gasteiger partial charge in [0.25, 0.3) is 5.91 Å². The van der Waals surface area contributed by atoms with Gasteiger partial charge in [-0.3, -0.25) is 4.79 Å². The number of aromatic amines is 1. The molecule has 0 spiro atoms.